The van der Waals surface area contributed by atoms with Crippen LogP contribution in [0.3, 0.4) is 0 Å². The molecule has 0 radical (unpaired) electrons. The molecule has 188 valence electrons. The van der Waals surface area contributed by atoms with Crippen LogP contribution in [-0.4, -0.2) is 61.2 Å². The Bertz CT molecular complexity index is 1360. The zero-order valence-electron chi connectivity index (χ0n) is 20.3. The van der Waals surface area contributed by atoms with Crippen LogP contribution < -0.4 is 4.90 Å². The molecule has 2 atom stereocenters. The molecular formula is C25H28N6O5. The molecule has 3 aromatic rings. The number of aryl methyl sites for hydroxylation is 1. The second-order valence-electron chi connectivity index (χ2n) is 8.87. The number of anilines is 1. The van der Waals surface area contributed by atoms with E-state index in [-0.39, 0.29) is 24.4 Å². The third kappa shape index (κ3) is 4.83. The number of aromatic nitrogens is 2. The Labute approximate surface area is 207 Å². The lowest BCUT2D eigenvalue weighted by molar-refractivity contribution is -0.389. The standard InChI is InChI=1S/C16H13N3O.C9H15N3O4/c1-10-9-18(2)16(20)19-13-8-4-6-11-5-3-7-12(14(11)13)17-15(10)19;1-7(5-13)8(14)2-3-11-4-9(10-6-11)12(15)16/h3-9H,1-2H3;4,6-8,13-14H,2-3,5H2,1H3. The van der Waals surface area contributed by atoms with Crippen molar-refractivity contribution in [2.24, 2.45) is 10.9 Å². The number of nitro groups is 1. The van der Waals surface area contributed by atoms with Gasteiger partial charge in [0.15, 0.2) is 0 Å². The van der Waals surface area contributed by atoms with E-state index in [0.29, 0.717) is 13.0 Å². The number of imidazole rings is 1. The largest absolute Gasteiger partial charge is 0.396 e. The average Bonchev–Trinajstić information content (AvgIpc) is 3.35. The van der Waals surface area contributed by atoms with E-state index in [1.54, 1.807) is 28.3 Å². The third-order valence-electron chi connectivity index (χ3n) is 6.21. The topological polar surface area (TPSA) is 137 Å². The summed E-state index contributed by atoms with van der Waals surface area (Å²) in [5, 5.41) is 30.9. The number of carbonyl (C=O) groups is 1. The number of aliphatic hydroxyl groups excluding tert-OH is 2. The summed E-state index contributed by atoms with van der Waals surface area (Å²) in [5.74, 6) is 0.322. The lowest BCUT2D eigenvalue weighted by Crippen LogP contribution is -2.48. The van der Waals surface area contributed by atoms with Crippen LogP contribution >= 0.6 is 0 Å². The lowest BCUT2D eigenvalue weighted by atomic mass is 10.0. The van der Waals surface area contributed by atoms with Gasteiger partial charge in [-0.25, -0.2) is 14.7 Å². The number of amides is 2. The molecule has 2 amide bonds. The number of aliphatic imine (C=N–C) groups is 1. The predicted octanol–water partition coefficient (Wildman–Crippen LogP) is 3.83. The van der Waals surface area contributed by atoms with Gasteiger partial charge in [-0.2, -0.15) is 0 Å². The first-order valence-corrected chi connectivity index (χ1v) is 11.5. The highest BCUT2D eigenvalue weighted by Crippen LogP contribution is 2.40. The van der Waals surface area contributed by atoms with Crippen LogP contribution in [-0.2, 0) is 6.54 Å². The van der Waals surface area contributed by atoms with Crippen LogP contribution in [0.2, 0.25) is 0 Å². The fourth-order valence-electron chi connectivity index (χ4n) is 4.13. The summed E-state index contributed by atoms with van der Waals surface area (Å²) in [6, 6.07) is 12.0. The maximum absolute atomic E-state index is 12.5. The van der Waals surface area contributed by atoms with Gasteiger partial charge in [-0.15, -0.1) is 0 Å². The Morgan fingerprint density at radius 2 is 1.92 bits per heavy atom. The van der Waals surface area contributed by atoms with E-state index < -0.39 is 11.0 Å². The number of urea groups is 1. The number of amidine groups is 1. The molecule has 0 fully saturated rings. The molecule has 0 saturated heterocycles. The number of nitrogens with zero attached hydrogens (tertiary/aromatic N) is 6. The number of rotatable bonds is 6. The zero-order chi connectivity index (χ0) is 26.0. The van der Waals surface area contributed by atoms with Gasteiger partial charge < -0.3 is 29.8 Å². The minimum absolute atomic E-state index is 0.0728. The number of hydrogen-bond acceptors (Lipinski definition) is 7. The second-order valence-corrected chi connectivity index (χ2v) is 8.87. The highest BCUT2D eigenvalue weighted by atomic mass is 16.6. The number of hydrogen-bond donors (Lipinski definition) is 2. The van der Waals surface area contributed by atoms with E-state index in [9.17, 15) is 20.0 Å². The second kappa shape index (κ2) is 10.3. The van der Waals surface area contributed by atoms with Crippen molar-refractivity contribution in [2.45, 2.75) is 32.9 Å². The molecule has 5 rings (SSSR count). The molecule has 1 aromatic heterocycles. The summed E-state index contributed by atoms with van der Waals surface area (Å²) in [7, 11) is 1.77. The highest BCUT2D eigenvalue weighted by Gasteiger charge is 2.33. The van der Waals surface area contributed by atoms with Crippen LogP contribution in [0.4, 0.5) is 22.0 Å². The maximum atomic E-state index is 12.5. The quantitative estimate of drug-likeness (QED) is 0.396. The van der Waals surface area contributed by atoms with E-state index in [2.05, 4.69) is 9.98 Å². The van der Waals surface area contributed by atoms with E-state index in [4.69, 9.17) is 5.11 Å². The van der Waals surface area contributed by atoms with Crippen molar-refractivity contribution in [1.82, 2.24) is 14.5 Å². The normalized spacial score (nSPS) is 16.0. The smallest absolute Gasteiger partial charge is 0.381 e. The summed E-state index contributed by atoms with van der Waals surface area (Å²) in [5.41, 5.74) is 2.82. The predicted molar refractivity (Wildman–Crippen MR) is 136 cm³/mol. The van der Waals surface area contributed by atoms with Crippen LogP contribution in [0.15, 0.2) is 65.7 Å². The minimum Gasteiger partial charge on any atom is -0.396 e. The first kappa shape index (κ1) is 25.0. The first-order chi connectivity index (χ1) is 17.2. The number of fused-ring (bicyclic) bond motifs is 2. The summed E-state index contributed by atoms with van der Waals surface area (Å²) >= 11 is 0. The molecule has 2 aromatic carbocycles. The van der Waals surface area contributed by atoms with Gasteiger partial charge in [0.1, 0.15) is 12.0 Å². The van der Waals surface area contributed by atoms with Gasteiger partial charge in [0.05, 0.1) is 17.5 Å². The van der Waals surface area contributed by atoms with E-state index in [1.165, 1.54) is 12.5 Å². The van der Waals surface area contributed by atoms with Crippen molar-refractivity contribution in [3.05, 3.63) is 70.8 Å². The van der Waals surface area contributed by atoms with Gasteiger partial charge >= 0.3 is 11.8 Å². The molecule has 2 aliphatic heterocycles. The van der Waals surface area contributed by atoms with Crippen molar-refractivity contribution in [3.8, 4) is 0 Å². The summed E-state index contributed by atoms with van der Waals surface area (Å²) in [6.45, 7) is 4.07. The van der Waals surface area contributed by atoms with Crippen molar-refractivity contribution in [1.29, 1.82) is 0 Å². The van der Waals surface area contributed by atoms with Crippen LogP contribution in [0.5, 0.6) is 0 Å². The van der Waals surface area contributed by atoms with Crippen molar-refractivity contribution >= 4 is 39.8 Å². The summed E-state index contributed by atoms with van der Waals surface area (Å²) in [4.78, 5) is 33.8. The minimum atomic E-state index is -0.619. The fraction of sp³-hybridized carbons (Fsp3) is 0.320. The molecule has 11 heteroatoms. The SMILES string of the molecule is CC(CO)C(O)CCn1cnc([N+](=O)[O-])c1.CC1=CN(C)C(=O)N2C1=Nc1cccc3cccc2c13. The molecule has 36 heavy (non-hydrogen) atoms. The molecule has 0 bridgehead atoms. The van der Waals surface area contributed by atoms with Gasteiger partial charge in [-0.1, -0.05) is 31.2 Å². The number of aliphatic hydroxyl groups is 2. The molecular weight excluding hydrogens is 464 g/mol. The summed E-state index contributed by atoms with van der Waals surface area (Å²) in [6.07, 6.45) is 4.30. The maximum Gasteiger partial charge on any atom is 0.381 e. The lowest BCUT2D eigenvalue weighted by Gasteiger charge is -2.35. The van der Waals surface area contributed by atoms with Gasteiger partial charge in [0, 0.05) is 43.3 Å². The van der Waals surface area contributed by atoms with Crippen molar-refractivity contribution < 1.29 is 19.9 Å². The molecule has 0 saturated carbocycles. The Kier molecular flexibility index (Phi) is 7.13. The van der Waals surface area contributed by atoms with E-state index in [0.717, 1.165) is 33.6 Å². The molecule has 0 aliphatic carbocycles. The number of benzene rings is 2. The molecule has 3 heterocycles. The summed E-state index contributed by atoms with van der Waals surface area (Å²) < 4.78 is 1.55. The third-order valence-corrected chi connectivity index (χ3v) is 6.21. The monoisotopic (exact) mass is 492 g/mol. The van der Waals surface area contributed by atoms with Gasteiger partial charge in [0.25, 0.3) is 0 Å². The van der Waals surface area contributed by atoms with Crippen LogP contribution in [0.25, 0.3) is 10.8 Å². The van der Waals surface area contributed by atoms with Crippen molar-refractivity contribution in [3.63, 3.8) is 0 Å². The van der Waals surface area contributed by atoms with E-state index in [1.807, 2.05) is 49.5 Å². The van der Waals surface area contributed by atoms with Crippen LogP contribution in [0.1, 0.15) is 20.3 Å². The molecule has 0 spiro atoms. The van der Waals surface area contributed by atoms with Crippen LogP contribution in [0, 0.1) is 16.0 Å². The highest BCUT2D eigenvalue weighted by molar-refractivity contribution is 6.30. The Hall–Kier alpha value is -4.09. The van der Waals surface area contributed by atoms with Crippen molar-refractivity contribution in [2.75, 3.05) is 18.6 Å². The average molecular weight is 493 g/mol. The van der Waals surface area contributed by atoms with Gasteiger partial charge in [-0.3, -0.25) is 0 Å². The first-order valence-electron chi connectivity index (χ1n) is 11.5. The Morgan fingerprint density at radius 3 is 2.58 bits per heavy atom. The zero-order valence-corrected chi connectivity index (χ0v) is 20.3. The fourth-order valence-corrected chi connectivity index (χ4v) is 4.13. The molecule has 11 nitrogen and oxygen atoms in total. The molecule has 2 aliphatic rings. The van der Waals surface area contributed by atoms with Gasteiger partial charge in [0.2, 0.25) is 6.33 Å². The Morgan fingerprint density at radius 1 is 1.19 bits per heavy atom. The molecule has 2 N–H and O–H groups in total. The molecule has 2 unspecified atom stereocenters. The van der Waals surface area contributed by atoms with E-state index >= 15 is 0 Å². The van der Waals surface area contributed by atoms with Gasteiger partial charge in [-0.05, 0) is 40.8 Å². The number of carbonyl (C=O) groups excluding carboxylic acids is 1. The Balaban J connectivity index is 0.000000175.